The third kappa shape index (κ3) is 6.17. The van der Waals surface area contributed by atoms with Crippen LogP contribution in [-0.2, 0) is 4.79 Å². The van der Waals surface area contributed by atoms with Crippen molar-refractivity contribution in [1.82, 2.24) is 0 Å². The molecule has 0 aliphatic carbocycles. The Morgan fingerprint density at radius 2 is 1.24 bits per heavy atom. The van der Waals surface area contributed by atoms with E-state index in [4.69, 9.17) is 4.74 Å². The summed E-state index contributed by atoms with van der Waals surface area (Å²) in [6.45, 7) is 1.81. The number of rotatable bonds is 8. The first-order chi connectivity index (χ1) is 18.5. The van der Waals surface area contributed by atoms with Gasteiger partial charge >= 0.3 is 0 Å². The highest BCUT2D eigenvalue weighted by molar-refractivity contribution is 6.06. The molecule has 38 heavy (non-hydrogen) atoms. The molecule has 188 valence electrons. The van der Waals surface area contributed by atoms with Crippen LogP contribution in [-0.4, -0.2) is 18.5 Å². The van der Waals surface area contributed by atoms with E-state index in [-0.39, 0.29) is 11.8 Å². The van der Waals surface area contributed by atoms with E-state index in [1.54, 1.807) is 0 Å². The summed E-state index contributed by atoms with van der Waals surface area (Å²) in [4.78, 5) is 23.8. The predicted molar refractivity (Wildman–Crippen MR) is 154 cm³/mol. The fourth-order valence-electron chi connectivity index (χ4n) is 4.11. The number of anilines is 3. The summed E-state index contributed by atoms with van der Waals surface area (Å²) in [5.74, 6) is 0.509. The van der Waals surface area contributed by atoms with E-state index in [1.807, 2.05) is 115 Å². The van der Waals surface area contributed by atoms with Gasteiger partial charge in [-0.15, -0.1) is 0 Å². The van der Waals surface area contributed by atoms with Gasteiger partial charge in [0, 0.05) is 29.5 Å². The van der Waals surface area contributed by atoms with Crippen LogP contribution >= 0.6 is 0 Å². The maximum absolute atomic E-state index is 12.6. The van der Waals surface area contributed by atoms with Gasteiger partial charge in [-0.05, 0) is 82.6 Å². The monoisotopic (exact) mass is 501 g/mol. The number of hydrogen-bond acceptors (Lipinski definition) is 4. The number of ether oxygens (including phenoxy) is 1. The van der Waals surface area contributed by atoms with Gasteiger partial charge in [-0.2, -0.15) is 0 Å². The van der Waals surface area contributed by atoms with E-state index < -0.39 is 0 Å². The van der Waals surface area contributed by atoms with E-state index >= 15 is 0 Å². The van der Waals surface area contributed by atoms with Crippen LogP contribution in [0.15, 0.2) is 115 Å². The lowest BCUT2D eigenvalue weighted by molar-refractivity contribution is -0.114. The molecule has 0 saturated heterocycles. The van der Waals surface area contributed by atoms with Crippen molar-refractivity contribution in [2.24, 2.45) is 0 Å². The van der Waals surface area contributed by atoms with Gasteiger partial charge in [-0.1, -0.05) is 54.6 Å². The molecular formula is C32H27N3O3. The van der Waals surface area contributed by atoms with Gasteiger partial charge in [0.2, 0.25) is 5.91 Å². The standard InChI is InChI=1S/C32H27N3O3/c1-22(36)34-30-16-11-24(12-17-30)23-9-14-28(15-10-23)33-21-38-31-18-13-25-19-27(8-7-26(25)20-31)32(37)35-29-5-3-2-4-6-29/h2-20,33H,21H2,1H3,(H,34,36)(H,35,37). The molecule has 0 saturated carbocycles. The molecule has 0 aliphatic heterocycles. The van der Waals surface area contributed by atoms with E-state index in [2.05, 4.69) is 16.0 Å². The predicted octanol–water partition coefficient (Wildman–Crippen LogP) is 7.17. The zero-order chi connectivity index (χ0) is 26.3. The molecule has 0 fully saturated rings. The maximum atomic E-state index is 12.6. The Hall–Kier alpha value is -5.10. The van der Waals surface area contributed by atoms with Crippen molar-refractivity contribution in [3.05, 3.63) is 121 Å². The first-order valence-electron chi connectivity index (χ1n) is 12.3. The second-order valence-corrected chi connectivity index (χ2v) is 8.85. The molecule has 0 spiro atoms. The zero-order valence-corrected chi connectivity index (χ0v) is 20.9. The van der Waals surface area contributed by atoms with Crippen molar-refractivity contribution in [2.75, 3.05) is 22.7 Å². The number of fused-ring (bicyclic) bond motifs is 1. The van der Waals surface area contributed by atoms with Crippen molar-refractivity contribution >= 4 is 39.6 Å². The Kier molecular flexibility index (Phi) is 7.32. The minimum Gasteiger partial charge on any atom is -0.473 e. The van der Waals surface area contributed by atoms with Crippen LogP contribution in [0, 0.1) is 0 Å². The molecule has 0 bridgehead atoms. The number of benzene rings is 5. The fourth-order valence-corrected chi connectivity index (χ4v) is 4.11. The molecule has 6 nitrogen and oxygen atoms in total. The molecule has 0 heterocycles. The van der Waals surface area contributed by atoms with Gasteiger partial charge in [0.1, 0.15) is 5.75 Å². The molecule has 6 heteroatoms. The Morgan fingerprint density at radius 1 is 0.632 bits per heavy atom. The zero-order valence-electron chi connectivity index (χ0n) is 20.9. The highest BCUT2D eigenvalue weighted by atomic mass is 16.5. The van der Waals surface area contributed by atoms with E-state index in [0.29, 0.717) is 12.3 Å². The second-order valence-electron chi connectivity index (χ2n) is 8.85. The third-order valence-corrected chi connectivity index (χ3v) is 6.04. The molecule has 0 aromatic heterocycles. The molecule has 0 atom stereocenters. The lowest BCUT2D eigenvalue weighted by atomic mass is 10.1. The van der Waals surface area contributed by atoms with Crippen LogP contribution in [0.3, 0.4) is 0 Å². The molecule has 2 amide bonds. The van der Waals surface area contributed by atoms with Crippen molar-refractivity contribution in [3.63, 3.8) is 0 Å². The summed E-state index contributed by atoms with van der Waals surface area (Å²) in [7, 11) is 0. The first kappa shape index (κ1) is 24.6. The van der Waals surface area contributed by atoms with Crippen LogP contribution in [0.1, 0.15) is 17.3 Å². The molecule has 0 unspecified atom stereocenters. The minimum atomic E-state index is -0.143. The normalized spacial score (nSPS) is 10.6. The largest absolute Gasteiger partial charge is 0.473 e. The van der Waals surface area contributed by atoms with Crippen LogP contribution < -0.4 is 20.7 Å². The van der Waals surface area contributed by atoms with E-state index in [0.717, 1.165) is 44.7 Å². The topological polar surface area (TPSA) is 79.5 Å². The van der Waals surface area contributed by atoms with Crippen LogP contribution in [0.4, 0.5) is 17.1 Å². The molecule has 5 aromatic carbocycles. The summed E-state index contributed by atoms with van der Waals surface area (Å²) >= 11 is 0. The van der Waals surface area contributed by atoms with Gasteiger partial charge in [0.15, 0.2) is 6.73 Å². The Balaban J connectivity index is 1.16. The summed E-state index contributed by atoms with van der Waals surface area (Å²) in [6.07, 6.45) is 0. The summed E-state index contributed by atoms with van der Waals surface area (Å²) in [5.41, 5.74) is 5.23. The average Bonchev–Trinajstić information content (AvgIpc) is 2.94. The van der Waals surface area contributed by atoms with Crippen LogP contribution in [0.5, 0.6) is 5.75 Å². The van der Waals surface area contributed by atoms with Gasteiger partial charge in [-0.3, -0.25) is 9.59 Å². The summed E-state index contributed by atoms with van der Waals surface area (Å²) < 4.78 is 5.91. The number of para-hydroxylation sites is 1. The van der Waals surface area contributed by atoms with Crippen molar-refractivity contribution in [3.8, 4) is 16.9 Å². The number of amides is 2. The Bertz CT molecular complexity index is 1560. The molecular weight excluding hydrogens is 474 g/mol. The van der Waals surface area contributed by atoms with Crippen LogP contribution in [0.2, 0.25) is 0 Å². The number of nitrogens with one attached hydrogen (secondary N) is 3. The lowest BCUT2D eigenvalue weighted by Crippen LogP contribution is -2.11. The highest BCUT2D eigenvalue weighted by Gasteiger charge is 2.08. The van der Waals surface area contributed by atoms with Crippen molar-refractivity contribution in [2.45, 2.75) is 6.92 Å². The van der Waals surface area contributed by atoms with Gasteiger partial charge in [0.25, 0.3) is 5.91 Å². The Labute approximate surface area is 221 Å². The first-order valence-corrected chi connectivity index (χ1v) is 12.3. The summed E-state index contributed by atoms with van der Waals surface area (Å²) in [6, 6.07) is 36.7. The number of carbonyl (C=O) groups excluding carboxylic acids is 2. The maximum Gasteiger partial charge on any atom is 0.255 e. The molecule has 5 rings (SSSR count). The Morgan fingerprint density at radius 3 is 1.92 bits per heavy atom. The minimum absolute atomic E-state index is 0.0863. The van der Waals surface area contributed by atoms with Crippen LogP contribution in [0.25, 0.3) is 21.9 Å². The number of carbonyl (C=O) groups is 2. The lowest BCUT2D eigenvalue weighted by Gasteiger charge is -2.11. The third-order valence-electron chi connectivity index (χ3n) is 6.04. The van der Waals surface area contributed by atoms with Gasteiger partial charge < -0.3 is 20.7 Å². The van der Waals surface area contributed by atoms with E-state index in [9.17, 15) is 9.59 Å². The molecule has 3 N–H and O–H groups in total. The molecule has 5 aromatic rings. The quantitative estimate of drug-likeness (QED) is 0.197. The van der Waals surface area contributed by atoms with Crippen molar-refractivity contribution < 1.29 is 14.3 Å². The van der Waals surface area contributed by atoms with E-state index in [1.165, 1.54) is 6.92 Å². The van der Waals surface area contributed by atoms with Crippen molar-refractivity contribution in [1.29, 1.82) is 0 Å². The molecule has 0 aliphatic rings. The van der Waals surface area contributed by atoms with Gasteiger partial charge in [0.05, 0.1) is 0 Å². The summed E-state index contributed by atoms with van der Waals surface area (Å²) in [5, 5.41) is 10.9. The fraction of sp³-hybridized carbons (Fsp3) is 0.0625. The number of hydrogen-bond donors (Lipinski definition) is 3. The smallest absolute Gasteiger partial charge is 0.255 e. The average molecular weight is 502 g/mol. The SMILES string of the molecule is CC(=O)Nc1ccc(-c2ccc(NCOc3ccc4cc(C(=O)Nc5ccccc5)ccc4c3)cc2)cc1. The highest BCUT2D eigenvalue weighted by Crippen LogP contribution is 2.25. The molecule has 0 radical (unpaired) electrons. The second kappa shape index (κ2) is 11.3. The van der Waals surface area contributed by atoms with Gasteiger partial charge in [-0.25, -0.2) is 0 Å².